The summed E-state index contributed by atoms with van der Waals surface area (Å²) in [7, 11) is 0. The second-order valence-corrected chi connectivity index (χ2v) is 7.20. The summed E-state index contributed by atoms with van der Waals surface area (Å²) >= 11 is 0. The molecule has 0 amide bonds. The zero-order chi connectivity index (χ0) is 24.1. The maximum atomic E-state index is 12.3. The van der Waals surface area contributed by atoms with Gasteiger partial charge in [-0.15, -0.1) is 0 Å². The van der Waals surface area contributed by atoms with Gasteiger partial charge in [0.05, 0.1) is 10.8 Å². The molecule has 4 aliphatic rings. The SMILES string of the molecule is O=C1OC(=O)Oc2cccc3c4ccc(c23)OC(=O)OC(=O)Oc2ccc(c3cccc(c23)O1)O4. The molecule has 0 saturated heterocycles. The molecule has 0 fully saturated rings. The van der Waals surface area contributed by atoms with Crippen LogP contribution in [0.4, 0.5) is 19.2 Å². The normalized spacial score (nSPS) is 15.0. The largest absolute Gasteiger partial charge is 0.524 e. The van der Waals surface area contributed by atoms with Crippen LogP contribution in [0.5, 0.6) is 34.5 Å². The summed E-state index contributed by atoms with van der Waals surface area (Å²) in [6, 6.07) is 14.8. The molecular formula is C24H10O11. The van der Waals surface area contributed by atoms with Crippen LogP contribution in [-0.4, -0.2) is 24.6 Å². The summed E-state index contributed by atoms with van der Waals surface area (Å²) in [5.41, 5.74) is 0. The molecule has 0 radical (unpaired) electrons. The van der Waals surface area contributed by atoms with Gasteiger partial charge in [0.1, 0.15) is 34.5 Å². The monoisotopic (exact) mass is 474 g/mol. The minimum Gasteiger partial charge on any atom is -0.456 e. The highest BCUT2D eigenvalue weighted by Crippen LogP contribution is 2.45. The molecule has 0 saturated carbocycles. The lowest BCUT2D eigenvalue weighted by Crippen LogP contribution is -2.21. The second kappa shape index (κ2) is 7.63. The zero-order valence-corrected chi connectivity index (χ0v) is 17.3. The Bertz CT molecular complexity index is 1460. The Kier molecular flexibility index (Phi) is 4.42. The van der Waals surface area contributed by atoms with E-state index in [9.17, 15) is 19.2 Å². The summed E-state index contributed by atoms with van der Waals surface area (Å²) in [4.78, 5) is 49.4. The Morgan fingerprint density at radius 3 is 1.09 bits per heavy atom. The summed E-state index contributed by atoms with van der Waals surface area (Å²) in [6.45, 7) is 0. The van der Waals surface area contributed by atoms with Gasteiger partial charge >= 0.3 is 24.6 Å². The van der Waals surface area contributed by atoms with E-state index in [-0.39, 0.29) is 33.8 Å². The molecule has 4 aliphatic heterocycles. The average Bonchev–Trinajstić information content (AvgIpc) is 2.81. The summed E-state index contributed by atoms with van der Waals surface area (Å²) < 4.78 is 36.2. The van der Waals surface area contributed by atoms with Gasteiger partial charge in [-0.25, -0.2) is 19.2 Å². The van der Waals surface area contributed by atoms with E-state index in [4.69, 9.17) is 23.7 Å². The number of rotatable bonds is 0. The van der Waals surface area contributed by atoms with Crippen molar-refractivity contribution >= 4 is 46.2 Å². The third-order valence-corrected chi connectivity index (χ3v) is 5.17. The maximum Gasteiger partial charge on any atom is 0.524 e. The quantitative estimate of drug-likeness (QED) is 0.173. The molecule has 0 atom stereocenters. The highest BCUT2D eigenvalue weighted by atomic mass is 16.8. The van der Waals surface area contributed by atoms with Gasteiger partial charge in [-0.3, -0.25) is 0 Å². The van der Waals surface area contributed by atoms with Gasteiger partial charge in [0.15, 0.2) is 0 Å². The summed E-state index contributed by atoms with van der Waals surface area (Å²) in [5.74, 6) is 0.0606. The molecule has 0 aliphatic carbocycles. The molecule has 11 heteroatoms. The fraction of sp³-hybridized carbons (Fsp3) is 0. The van der Waals surface area contributed by atoms with Crippen molar-refractivity contribution in [2.45, 2.75) is 0 Å². The number of hydrogen-bond acceptors (Lipinski definition) is 11. The van der Waals surface area contributed by atoms with E-state index in [1.807, 2.05) is 0 Å². The Hall–Kier alpha value is -5.32. The van der Waals surface area contributed by atoms with E-state index in [0.717, 1.165) is 0 Å². The standard InChI is InChI=1S/C24H10O11/c25-21-30-15-5-1-3-11-13-7-9-17(19(11)15)32-23(27)35-24(28)33-18-10-8-14(29-13)12-4-2-6-16(20(12)18)31-22(26)34-21/h1-10H. The first kappa shape index (κ1) is 20.3. The Morgan fingerprint density at radius 1 is 0.343 bits per heavy atom. The molecule has 4 aromatic rings. The predicted octanol–water partition coefficient (Wildman–Crippen LogP) is 5.84. The van der Waals surface area contributed by atoms with Gasteiger partial charge in [0.25, 0.3) is 0 Å². The minimum atomic E-state index is -1.40. The van der Waals surface area contributed by atoms with Crippen LogP contribution in [0.2, 0.25) is 0 Å². The van der Waals surface area contributed by atoms with Crippen LogP contribution in [0.3, 0.4) is 0 Å². The van der Waals surface area contributed by atoms with Gasteiger partial charge in [-0.05, 0) is 36.4 Å². The van der Waals surface area contributed by atoms with E-state index in [0.29, 0.717) is 22.3 Å². The number of carbonyl (C=O) groups is 4. The third kappa shape index (κ3) is 3.47. The Balaban J connectivity index is 1.74. The van der Waals surface area contributed by atoms with Gasteiger partial charge in [-0.1, -0.05) is 24.3 Å². The first-order valence-electron chi connectivity index (χ1n) is 9.98. The minimum absolute atomic E-state index is 0.0939. The fourth-order valence-electron chi connectivity index (χ4n) is 3.85. The summed E-state index contributed by atoms with van der Waals surface area (Å²) in [5, 5.41) is 0.925. The number of carbonyl (C=O) groups excluding carboxylic acids is 4. The summed E-state index contributed by atoms with van der Waals surface area (Å²) in [6.07, 6.45) is -5.61. The second-order valence-electron chi connectivity index (χ2n) is 7.20. The molecule has 0 aromatic heterocycles. The molecule has 0 spiro atoms. The number of hydrogen-bond donors (Lipinski definition) is 0. The van der Waals surface area contributed by atoms with Gasteiger partial charge < -0.3 is 33.2 Å². The van der Waals surface area contributed by atoms with Crippen LogP contribution in [0, 0.1) is 0 Å². The zero-order valence-electron chi connectivity index (χ0n) is 17.3. The molecule has 0 unspecified atom stereocenters. The van der Waals surface area contributed by atoms with Crippen molar-refractivity contribution in [3.05, 3.63) is 60.7 Å². The van der Waals surface area contributed by atoms with Crippen LogP contribution in [0.1, 0.15) is 0 Å². The van der Waals surface area contributed by atoms with Gasteiger partial charge in [0, 0.05) is 10.8 Å². The lowest BCUT2D eigenvalue weighted by atomic mass is 10.1. The predicted molar refractivity (Wildman–Crippen MR) is 114 cm³/mol. The maximum absolute atomic E-state index is 12.3. The first-order chi connectivity index (χ1) is 17.0. The van der Waals surface area contributed by atoms with E-state index >= 15 is 0 Å². The van der Waals surface area contributed by atoms with E-state index in [2.05, 4.69) is 9.47 Å². The molecule has 8 rings (SSSR count). The van der Waals surface area contributed by atoms with E-state index in [1.54, 1.807) is 24.3 Å². The molecule has 35 heavy (non-hydrogen) atoms. The highest BCUT2D eigenvalue weighted by Gasteiger charge is 2.26. The van der Waals surface area contributed by atoms with Crippen LogP contribution < -0.4 is 23.7 Å². The first-order valence-corrected chi connectivity index (χ1v) is 9.98. The molecule has 11 nitrogen and oxygen atoms in total. The van der Waals surface area contributed by atoms with Crippen LogP contribution in [0.25, 0.3) is 21.5 Å². The molecule has 4 aromatic carbocycles. The third-order valence-electron chi connectivity index (χ3n) is 5.17. The molecule has 172 valence electrons. The van der Waals surface area contributed by atoms with E-state index < -0.39 is 24.6 Å². The van der Waals surface area contributed by atoms with Crippen molar-refractivity contribution in [1.29, 1.82) is 0 Å². The Morgan fingerprint density at radius 2 is 0.686 bits per heavy atom. The molecule has 4 heterocycles. The van der Waals surface area contributed by atoms with Crippen LogP contribution in [0.15, 0.2) is 60.7 Å². The van der Waals surface area contributed by atoms with Crippen molar-refractivity contribution in [3.8, 4) is 34.5 Å². The molecular weight excluding hydrogens is 464 g/mol. The number of benzene rings is 4. The number of cyclic esters (lactones) is 2. The fourth-order valence-corrected chi connectivity index (χ4v) is 3.85. The van der Waals surface area contributed by atoms with Crippen molar-refractivity contribution in [3.63, 3.8) is 0 Å². The highest BCUT2D eigenvalue weighted by molar-refractivity contribution is 6.03. The Labute approximate surface area is 194 Å². The van der Waals surface area contributed by atoms with Gasteiger partial charge in [-0.2, -0.15) is 0 Å². The van der Waals surface area contributed by atoms with Crippen molar-refractivity contribution in [2.24, 2.45) is 0 Å². The number of ether oxygens (including phenoxy) is 7. The van der Waals surface area contributed by atoms with Crippen molar-refractivity contribution in [2.75, 3.05) is 0 Å². The van der Waals surface area contributed by atoms with Gasteiger partial charge in [0.2, 0.25) is 0 Å². The smallest absolute Gasteiger partial charge is 0.456 e. The van der Waals surface area contributed by atoms with E-state index in [1.165, 1.54) is 36.4 Å². The average molecular weight is 474 g/mol. The molecule has 10 bridgehead atoms. The van der Waals surface area contributed by atoms with Crippen LogP contribution >= 0.6 is 0 Å². The lowest BCUT2D eigenvalue weighted by molar-refractivity contribution is 0.0901. The van der Waals surface area contributed by atoms with Crippen LogP contribution in [-0.2, 0) is 9.47 Å². The van der Waals surface area contributed by atoms with Crippen molar-refractivity contribution in [1.82, 2.24) is 0 Å². The topological polar surface area (TPSA) is 133 Å². The molecule has 0 N–H and O–H groups in total. The van der Waals surface area contributed by atoms with Crippen molar-refractivity contribution < 1.29 is 52.3 Å². The lowest BCUT2D eigenvalue weighted by Gasteiger charge is -2.19.